The van der Waals surface area contributed by atoms with Gasteiger partial charge < -0.3 is 5.32 Å². The molecular weight excluding hydrogens is 299 g/mol. The van der Waals surface area contributed by atoms with Crippen LogP contribution in [0, 0.1) is 0 Å². The van der Waals surface area contributed by atoms with Crippen molar-refractivity contribution >= 4 is 17.5 Å². The van der Waals surface area contributed by atoms with Gasteiger partial charge in [-0.1, -0.05) is 11.6 Å². The smallest absolute Gasteiger partial charge is 0.345 e. The van der Waals surface area contributed by atoms with E-state index in [1.807, 2.05) is 0 Å². The Kier molecular flexibility index (Phi) is 3.71. The summed E-state index contributed by atoms with van der Waals surface area (Å²) in [7, 11) is 1.63. The van der Waals surface area contributed by atoms with E-state index < -0.39 is 17.8 Å². The van der Waals surface area contributed by atoms with Crippen molar-refractivity contribution < 1.29 is 18.0 Å². The van der Waals surface area contributed by atoms with Crippen molar-refractivity contribution in [1.29, 1.82) is 0 Å². The molecule has 0 radical (unpaired) electrons. The summed E-state index contributed by atoms with van der Waals surface area (Å²) >= 11 is 5.83. The van der Waals surface area contributed by atoms with Crippen LogP contribution in [0.15, 0.2) is 12.3 Å². The van der Waals surface area contributed by atoms with Crippen LogP contribution in [-0.2, 0) is 19.8 Å². The third-order valence-corrected chi connectivity index (χ3v) is 2.86. The molecule has 20 heavy (non-hydrogen) atoms. The minimum atomic E-state index is -4.57. The van der Waals surface area contributed by atoms with Crippen molar-refractivity contribution in [2.75, 3.05) is 0 Å². The Balaban J connectivity index is 2.04. The maximum atomic E-state index is 12.3. The molecule has 0 aliphatic rings. The fourth-order valence-corrected chi connectivity index (χ4v) is 1.71. The summed E-state index contributed by atoms with van der Waals surface area (Å²) in [6.07, 6.45) is -3.17. The Morgan fingerprint density at radius 3 is 2.75 bits per heavy atom. The third kappa shape index (κ3) is 2.93. The Hall–Kier alpha value is -2.03. The molecule has 2 rings (SSSR count). The van der Waals surface area contributed by atoms with Crippen LogP contribution < -0.4 is 5.32 Å². The van der Waals surface area contributed by atoms with E-state index in [9.17, 15) is 18.0 Å². The molecule has 6 nitrogen and oxygen atoms in total. The van der Waals surface area contributed by atoms with Gasteiger partial charge in [-0.15, -0.1) is 0 Å². The molecule has 0 bridgehead atoms. The van der Waals surface area contributed by atoms with Crippen molar-refractivity contribution in [3.8, 4) is 0 Å². The topological polar surface area (TPSA) is 75.6 Å². The van der Waals surface area contributed by atoms with Crippen LogP contribution in [0.25, 0.3) is 0 Å². The van der Waals surface area contributed by atoms with Crippen molar-refractivity contribution in [2.24, 2.45) is 7.05 Å². The fourth-order valence-electron chi connectivity index (χ4n) is 1.47. The van der Waals surface area contributed by atoms with E-state index in [2.05, 4.69) is 15.5 Å². The number of rotatable bonds is 3. The second-order valence-electron chi connectivity index (χ2n) is 3.91. The number of nitrogens with one attached hydrogen (secondary N) is 2. The van der Waals surface area contributed by atoms with Gasteiger partial charge in [0.25, 0.3) is 5.91 Å². The predicted molar refractivity (Wildman–Crippen MR) is 63.0 cm³/mol. The SMILES string of the molecule is Cn1ncc(Cl)c1CNC(=O)c1cc(C(F)(F)F)[nH]n1. The zero-order chi connectivity index (χ0) is 14.9. The highest BCUT2D eigenvalue weighted by Gasteiger charge is 2.33. The molecule has 2 heterocycles. The van der Waals surface area contributed by atoms with Crippen LogP contribution in [0.2, 0.25) is 5.02 Å². The normalized spacial score (nSPS) is 11.7. The number of carbonyl (C=O) groups excluding carboxylic acids is 1. The molecule has 0 saturated heterocycles. The van der Waals surface area contributed by atoms with Crippen molar-refractivity contribution in [1.82, 2.24) is 25.3 Å². The summed E-state index contributed by atoms with van der Waals surface area (Å²) in [5.41, 5.74) is -0.900. The highest BCUT2D eigenvalue weighted by atomic mass is 35.5. The number of H-pyrrole nitrogens is 1. The lowest BCUT2D eigenvalue weighted by Gasteiger charge is -2.04. The maximum absolute atomic E-state index is 12.3. The number of aromatic amines is 1. The van der Waals surface area contributed by atoms with Gasteiger partial charge in [-0.2, -0.15) is 23.4 Å². The fraction of sp³-hybridized carbons (Fsp3) is 0.300. The molecule has 0 aromatic carbocycles. The molecular formula is C10H9ClF3N5O. The number of hydrogen-bond donors (Lipinski definition) is 2. The second kappa shape index (κ2) is 5.16. The molecule has 10 heteroatoms. The maximum Gasteiger partial charge on any atom is 0.432 e. The summed E-state index contributed by atoms with van der Waals surface area (Å²) in [6.45, 7) is 0.0301. The number of amides is 1. The molecule has 0 spiro atoms. The van der Waals surface area contributed by atoms with Gasteiger partial charge in [-0.05, 0) is 0 Å². The monoisotopic (exact) mass is 307 g/mol. The first kappa shape index (κ1) is 14.4. The average Bonchev–Trinajstić information content (AvgIpc) is 2.95. The Labute approximate surface area is 115 Å². The quantitative estimate of drug-likeness (QED) is 0.907. The molecule has 1 amide bonds. The molecule has 2 aromatic heterocycles. The van der Waals surface area contributed by atoms with Gasteiger partial charge in [-0.25, -0.2) is 0 Å². The number of hydrogen-bond acceptors (Lipinski definition) is 3. The van der Waals surface area contributed by atoms with Crippen molar-refractivity contribution in [3.63, 3.8) is 0 Å². The molecule has 108 valence electrons. The largest absolute Gasteiger partial charge is 0.432 e. The van der Waals surface area contributed by atoms with Gasteiger partial charge in [0.15, 0.2) is 5.69 Å². The minimum Gasteiger partial charge on any atom is -0.345 e. The van der Waals surface area contributed by atoms with E-state index in [0.717, 1.165) is 0 Å². The van der Waals surface area contributed by atoms with Gasteiger partial charge in [0, 0.05) is 13.1 Å². The molecule has 2 aromatic rings. The van der Waals surface area contributed by atoms with Gasteiger partial charge in [0.2, 0.25) is 0 Å². The van der Waals surface area contributed by atoms with E-state index >= 15 is 0 Å². The molecule has 0 unspecified atom stereocenters. The number of alkyl halides is 3. The van der Waals surface area contributed by atoms with Crippen molar-refractivity contribution in [2.45, 2.75) is 12.7 Å². The number of aryl methyl sites for hydroxylation is 1. The molecule has 0 saturated carbocycles. The third-order valence-electron chi connectivity index (χ3n) is 2.54. The predicted octanol–water partition coefficient (Wildman–Crippen LogP) is 1.75. The Bertz CT molecular complexity index is 614. The standard InChI is InChI=1S/C10H9ClF3N5O/c1-19-7(5(11)3-16-19)4-15-9(20)6-2-8(18-17-6)10(12,13)14/h2-3H,4H2,1H3,(H,15,20)(H,17,18). The molecule has 0 aliphatic heterocycles. The van der Waals surface area contributed by atoms with Gasteiger partial charge in [-0.3, -0.25) is 14.6 Å². The second-order valence-corrected chi connectivity index (χ2v) is 4.32. The Morgan fingerprint density at radius 2 is 2.25 bits per heavy atom. The van der Waals surface area contributed by atoms with Crippen LogP contribution in [0.5, 0.6) is 0 Å². The van der Waals surface area contributed by atoms with E-state index in [-0.39, 0.29) is 12.2 Å². The lowest BCUT2D eigenvalue weighted by Crippen LogP contribution is -2.24. The summed E-state index contributed by atoms with van der Waals surface area (Å²) in [4.78, 5) is 11.7. The first-order chi connectivity index (χ1) is 9.29. The minimum absolute atomic E-state index is 0.0301. The highest BCUT2D eigenvalue weighted by Crippen LogP contribution is 2.27. The lowest BCUT2D eigenvalue weighted by atomic mass is 10.3. The number of aromatic nitrogens is 4. The van der Waals surface area contributed by atoms with E-state index in [1.165, 1.54) is 10.9 Å². The van der Waals surface area contributed by atoms with E-state index in [0.29, 0.717) is 16.8 Å². The van der Waals surface area contributed by atoms with Crippen LogP contribution in [-0.4, -0.2) is 25.9 Å². The molecule has 0 aliphatic carbocycles. The zero-order valence-corrected chi connectivity index (χ0v) is 10.9. The highest BCUT2D eigenvalue weighted by molar-refractivity contribution is 6.31. The Morgan fingerprint density at radius 1 is 1.55 bits per heavy atom. The van der Waals surface area contributed by atoms with Gasteiger partial charge in [0.1, 0.15) is 5.69 Å². The summed E-state index contributed by atoms with van der Waals surface area (Å²) in [6, 6.07) is 0.639. The van der Waals surface area contributed by atoms with Crippen LogP contribution >= 0.6 is 11.6 Å². The molecule has 2 N–H and O–H groups in total. The number of carbonyl (C=O) groups is 1. The first-order valence-electron chi connectivity index (χ1n) is 5.36. The first-order valence-corrected chi connectivity index (χ1v) is 5.74. The lowest BCUT2D eigenvalue weighted by molar-refractivity contribution is -0.141. The summed E-state index contributed by atoms with van der Waals surface area (Å²) in [5, 5.41) is 11.7. The van der Waals surface area contributed by atoms with Crippen LogP contribution in [0.3, 0.4) is 0 Å². The summed E-state index contributed by atoms with van der Waals surface area (Å²) in [5.74, 6) is -0.742. The number of nitrogens with zero attached hydrogens (tertiary/aromatic N) is 3. The number of halogens is 4. The van der Waals surface area contributed by atoms with Crippen LogP contribution in [0.4, 0.5) is 13.2 Å². The van der Waals surface area contributed by atoms with Crippen molar-refractivity contribution in [3.05, 3.63) is 34.4 Å². The average molecular weight is 308 g/mol. The summed E-state index contributed by atoms with van der Waals surface area (Å²) < 4.78 is 38.5. The van der Waals surface area contributed by atoms with Crippen LogP contribution in [0.1, 0.15) is 21.9 Å². The van der Waals surface area contributed by atoms with Gasteiger partial charge >= 0.3 is 6.18 Å². The van der Waals surface area contributed by atoms with E-state index in [1.54, 1.807) is 12.1 Å². The molecule has 0 atom stereocenters. The zero-order valence-electron chi connectivity index (χ0n) is 10.1. The molecule has 0 fully saturated rings. The van der Waals surface area contributed by atoms with Gasteiger partial charge in [0.05, 0.1) is 23.5 Å². The van der Waals surface area contributed by atoms with E-state index in [4.69, 9.17) is 11.6 Å².